The fourth-order valence-corrected chi connectivity index (χ4v) is 3.42. The lowest BCUT2D eigenvalue weighted by molar-refractivity contribution is -0.133. The molecular weight excluding hydrogens is 294 g/mol. The van der Waals surface area contributed by atoms with Crippen molar-refractivity contribution in [3.05, 3.63) is 0 Å². The number of nitrogens with zero attached hydrogens (tertiary/aromatic N) is 1. The molecule has 2 aliphatic heterocycles. The third-order valence-corrected chi connectivity index (χ3v) is 4.96. The van der Waals surface area contributed by atoms with E-state index in [-0.39, 0.29) is 0 Å². The van der Waals surface area contributed by atoms with Gasteiger partial charge in [0, 0.05) is 31.4 Å². The molecule has 2 heterocycles. The standard InChI is InChI=1S/C14H24BrNO2/c15-10-12-4-3-8-16(11-12)14(17)7-6-13-5-1-2-9-18-13/h12-13H,1-11H2. The quantitative estimate of drug-likeness (QED) is 0.746. The van der Waals surface area contributed by atoms with E-state index in [2.05, 4.69) is 20.8 Å². The van der Waals surface area contributed by atoms with Crippen LogP contribution in [0.5, 0.6) is 0 Å². The number of halogens is 1. The normalized spacial score (nSPS) is 29.3. The molecule has 104 valence electrons. The van der Waals surface area contributed by atoms with Gasteiger partial charge in [-0.25, -0.2) is 0 Å². The van der Waals surface area contributed by atoms with Gasteiger partial charge in [-0.1, -0.05) is 15.9 Å². The first-order valence-corrected chi connectivity index (χ1v) is 8.37. The van der Waals surface area contributed by atoms with Crippen LogP contribution < -0.4 is 0 Å². The van der Waals surface area contributed by atoms with Gasteiger partial charge >= 0.3 is 0 Å². The van der Waals surface area contributed by atoms with Gasteiger partial charge in [0.25, 0.3) is 0 Å². The van der Waals surface area contributed by atoms with Crippen molar-refractivity contribution in [1.82, 2.24) is 4.90 Å². The SMILES string of the molecule is O=C(CCC1CCCCO1)N1CCCC(CBr)C1. The summed E-state index contributed by atoms with van der Waals surface area (Å²) in [5.74, 6) is 0.975. The Morgan fingerprint density at radius 3 is 2.89 bits per heavy atom. The third-order valence-electron chi connectivity index (χ3n) is 4.04. The first kappa shape index (κ1) is 14.3. The molecular formula is C14H24BrNO2. The number of hydrogen-bond acceptors (Lipinski definition) is 2. The van der Waals surface area contributed by atoms with E-state index in [1.165, 1.54) is 19.3 Å². The molecule has 0 bridgehead atoms. The molecule has 3 nitrogen and oxygen atoms in total. The molecule has 2 aliphatic rings. The zero-order valence-corrected chi connectivity index (χ0v) is 12.7. The number of rotatable bonds is 4. The van der Waals surface area contributed by atoms with E-state index in [1.54, 1.807) is 0 Å². The fraction of sp³-hybridized carbons (Fsp3) is 0.929. The molecule has 2 fully saturated rings. The summed E-state index contributed by atoms with van der Waals surface area (Å²) in [6.45, 7) is 2.78. The summed E-state index contributed by atoms with van der Waals surface area (Å²) in [6, 6.07) is 0. The molecule has 0 aromatic carbocycles. The van der Waals surface area contributed by atoms with E-state index >= 15 is 0 Å². The highest BCUT2D eigenvalue weighted by Gasteiger charge is 2.23. The molecule has 0 aromatic heterocycles. The van der Waals surface area contributed by atoms with Gasteiger partial charge in [-0.15, -0.1) is 0 Å². The van der Waals surface area contributed by atoms with E-state index < -0.39 is 0 Å². The predicted octanol–water partition coefficient (Wildman–Crippen LogP) is 2.97. The smallest absolute Gasteiger partial charge is 0.222 e. The van der Waals surface area contributed by atoms with Crippen LogP contribution in [0.15, 0.2) is 0 Å². The van der Waals surface area contributed by atoms with Crippen molar-refractivity contribution in [2.45, 2.75) is 51.0 Å². The second kappa shape index (κ2) is 7.49. The number of piperidine rings is 1. The molecule has 2 saturated heterocycles. The Bertz CT molecular complexity index is 267. The number of hydrogen-bond donors (Lipinski definition) is 0. The largest absolute Gasteiger partial charge is 0.378 e. The molecule has 0 aromatic rings. The summed E-state index contributed by atoms with van der Waals surface area (Å²) < 4.78 is 5.68. The third kappa shape index (κ3) is 4.23. The molecule has 0 radical (unpaired) electrons. The van der Waals surface area contributed by atoms with Crippen LogP contribution in [0.3, 0.4) is 0 Å². The van der Waals surface area contributed by atoms with Crippen molar-refractivity contribution in [2.75, 3.05) is 25.0 Å². The Balaban J connectivity index is 1.70. The van der Waals surface area contributed by atoms with Gasteiger partial charge in [0.15, 0.2) is 0 Å². The van der Waals surface area contributed by atoms with Gasteiger partial charge < -0.3 is 9.64 Å². The Labute approximate surface area is 118 Å². The van der Waals surface area contributed by atoms with Crippen molar-refractivity contribution >= 4 is 21.8 Å². The van der Waals surface area contributed by atoms with Gasteiger partial charge in [0.2, 0.25) is 5.91 Å². The van der Waals surface area contributed by atoms with Crippen LogP contribution >= 0.6 is 15.9 Å². The van der Waals surface area contributed by atoms with E-state index in [4.69, 9.17) is 4.74 Å². The van der Waals surface area contributed by atoms with Crippen molar-refractivity contribution in [3.8, 4) is 0 Å². The first-order valence-electron chi connectivity index (χ1n) is 7.25. The zero-order valence-electron chi connectivity index (χ0n) is 11.1. The second-order valence-corrected chi connectivity index (χ2v) is 6.18. The van der Waals surface area contributed by atoms with E-state index in [0.29, 0.717) is 24.3 Å². The summed E-state index contributed by atoms with van der Waals surface area (Å²) in [4.78, 5) is 14.2. The summed E-state index contributed by atoms with van der Waals surface area (Å²) in [6.07, 6.45) is 7.89. The van der Waals surface area contributed by atoms with Crippen LogP contribution in [0.2, 0.25) is 0 Å². The van der Waals surface area contributed by atoms with Crippen LogP contribution in [-0.2, 0) is 9.53 Å². The Morgan fingerprint density at radius 2 is 2.17 bits per heavy atom. The highest BCUT2D eigenvalue weighted by Crippen LogP contribution is 2.21. The van der Waals surface area contributed by atoms with Crippen molar-refractivity contribution in [2.24, 2.45) is 5.92 Å². The molecule has 0 saturated carbocycles. The molecule has 0 N–H and O–H groups in total. The second-order valence-electron chi connectivity index (χ2n) is 5.53. The minimum absolute atomic E-state index is 0.329. The summed E-state index contributed by atoms with van der Waals surface area (Å²) >= 11 is 3.53. The average Bonchev–Trinajstić information content (AvgIpc) is 2.46. The Kier molecular flexibility index (Phi) is 5.96. The van der Waals surface area contributed by atoms with Gasteiger partial charge in [-0.3, -0.25) is 4.79 Å². The van der Waals surface area contributed by atoms with Crippen molar-refractivity contribution in [3.63, 3.8) is 0 Å². The zero-order chi connectivity index (χ0) is 12.8. The molecule has 18 heavy (non-hydrogen) atoms. The lowest BCUT2D eigenvalue weighted by atomic mass is 9.99. The van der Waals surface area contributed by atoms with Crippen LogP contribution in [0.1, 0.15) is 44.9 Å². The molecule has 0 spiro atoms. The number of alkyl halides is 1. The van der Waals surface area contributed by atoms with Gasteiger partial charge in [0.1, 0.15) is 0 Å². The molecule has 0 aliphatic carbocycles. The number of carbonyl (C=O) groups excluding carboxylic acids is 1. The van der Waals surface area contributed by atoms with Crippen LogP contribution in [0.25, 0.3) is 0 Å². The fourth-order valence-electron chi connectivity index (χ4n) is 2.90. The molecule has 4 heteroatoms. The van der Waals surface area contributed by atoms with E-state index in [0.717, 1.165) is 44.3 Å². The summed E-state index contributed by atoms with van der Waals surface area (Å²) in [5.41, 5.74) is 0. The summed E-state index contributed by atoms with van der Waals surface area (Å²) in [5, 5.41) is 1.02. The van der Waals surface area contributed by atoms with Crippen molar-refractivity contribution in [1.29, 1.82) is 0 Å². The lowest BCUT2D eigenvalue weighted by Crippen LogP contribution is -2.40. The highest BCUT2D eigenvalue weighted by atomic mass is 79.9. The topological polar surface area (TPSA) is 29.5 Å². The minimum Gasteiger partial charge on any atom is -0.378 e. The number of amides is 1. The van der Waals surface area contributed by atoms with E-state index in [9.17, 15) is 4.79 Å². The molecule has 2 atom stereocenters. The lowest BCUT2D eigenvalue weighted by Gasteiger charge is -2.32. The van der Waals surface area contributed by atoms with Crippen LogP contribution in [0, 0.1) is 5.92 Å². The minimum atomic E-state index is 0.329. The van der Waals surface area contributed by atoms with Gasteiger partial charge in [-0.05, 0) is 44.4 Å². The van der Waals surface area contributed by atoms with Crippen LogP contribution in [-0.4, -0.2) is 41.9 Å². The average molecular weight is 318 g/mol. The number of likely N-dealkylation sites (tertiary alicyclic amines) is 1. The maximum atomic E-state index is 12.2. The molecule has 1 amide bonds. The summed E-state index contributed by atoms with van der Waals surface area (Å²) in [7, 11) is 0. The highest BCUT2D eigenvalue weighted by molar-refractivity contribution is 9.09. The first-order chi connectivity index (χ1) is 8.79. The number of carbonyl (C=O) groups is 1. The van der Waals surface area contributed by atoms with Crippen molar-refractivity contribution < 1.29 is 9.53 Å². The number of ether oxygens (including phenoxy) is 1. The van der Waals surface area contributed by atoms with Crippen LogP contribution in [0.4, 0.5) is 0 Å². The monoisotopic (exact) mass is 317 g/mol. The van der Waals surface area contributed by atoms with Gasteiger partial charge in [-0.2, -0.15) is 0 Å². The maximum Gasteiger partial charge on any atom is 0.222 e. The Hall–Kier alpha value is -0.0900. The predicted molar refractivity (Wildman–Crippen MR) is 75.9 cm³/mol. The Morgan fingerprint density at radius 1 is 1.28 bits per heavy atom. The molecule has 2 unspecified atom stereocenters. The molecule has 2 rings (SSSR count). The maximum absolute atomic E-state index is 12.2. The van der Waals surface area contributed by atoms with Gasteiger partial charge in [0.05, 0.1) is 6.10 Å². The van der Waals surface area contributed by atoms with E-state index in [1.807, 2.05) is 0 Å².